The van der Waals surface area contributed by atoms with Crippen LogP contribution in [0.4, 0.5) is 13.2 Å². The Morgan fingerprint density at radius 1 is 1.28 bits per heavy atom. The number of alkyl halides is 3. The maximum Gasteiger partial charge on any atom is 0.411 e. The molecule has 0 aromatic heterocycles. The summed E-state index contributed by atoms with van der Waals surface area (Å²) in [5.41, 5.74) is 0. The van der Waals surface area contributed by atoms with E-state index in [4.69, 9.17) is 0 Å². The fourth-order valence-corrected chi connectivity index (χ4v) is 2.23. The maximum absolute atomic E-state index is 11.8. The number of ether oxygens (including phenoxy) is 1. The smallest absolute Gasteiger partial charge is 0.372 e. The first-order valence-electron chi connectivity index (χ1n) is 6.54. The highest BCUT2D eigenvalue weighted by atomic mass is 19.4. The zero-order chi connectivity index (χ0) is 13.4. The van der Waals surface area contributed by atoms with Gasteiger partial charge < -0.3 is 15.0 Å². The van der Waals surface area contributed by atoms with Crippen molar-refractivity contribution in [1.82, 2.24) is 10.2 Å². The average Bonchev–Trinajstić information content (AvgIpc) is 2.55. The van der Waals surface area contributed by atoms with Gasteiger partial charge in [-0.25, -0.2) is 0 Å². The molecule has 1 fully saturated rings. The van der Waals surface area contributed by atoms with Crippen LogP contribution in [0.1, 0.15) is 25.7 Å². The van der Waals surface area contributed by atoms with Crippen LogP contribution in [0.2, 0.25) is 0 Å². The highest BCUT2D eigenvalue weighted by molar-refractivity contribution is 4.73. The molecular formula is C12H23F3N2O. The molecule has 0 aliphatic carbocycles. The van der Waals surface area contributed by atoms with Crippen LogP contribution in [0, 0.1) is 0 Å². The standard InChI is InChI=1S/C12H23F3N2O/c1-17(11-4-2-6-16-7-5-11)8-3-9-18-10-12(13,14)15/h11,16H,2-10H2,1H3. The summed E-state index contributed by atoms with van der Waals surface area (Å²) < 4.78 is 40.1. The normalized spacial score (nSPS) is 22.2. The second-order valence-corrected chi connectivity index (χ2v) is 4.84. The summed E-state index contributed by atoms with van der Waals surface area (Å²) in [6.45, 7) is 1.93. The molecule has 0 radical (unpaired) electrons. The Bertz CT molecular complexity index is 216. The molecule has 0 bridgehead atoms. The Morgan fingerprint density at radius 2 is 2.06 bits per heavy atom. The minimum absolute atomic E-state index is 0.175. The van der Waals surface area contributed by atoms with E-state index in [2.05, 4.69) is 15.0 Å². The summed E-state index contributed by atoms with van der Waals surface area (Å²) >= 11 is 0. The lowest BCUT2D eigenvalue weighted by molar-refractivity contribution is -0.174. The molecule has 108 valence electrons. The largest absolute Gasteiger partial charge is 0.411 e. The van der Waals surface area contributed by atoms with Crippen molar-refractivity contribution in [1.29, 1.82) is 0 Å². The van der Waals surface area contributed by atoms with E-state index >= 15 is 0 Å². The van der Waals surface area contributed by atoms with Gasteiger partial charge in [-0.15, -0.1) is 0 Å². The molecule has 18 heavy (non-hydrogen) atoms. The van der Waals surface area contributed by atoms with E-state index in [-0.39, 0.29) is 6.61 Å². The molecule has 1 N–H and O–H groups in total. The first-order valence-corrected chi connectivity index (χ1v) is 6.54. The molecule has 1 saturated heterocycles. The van der Waals surface area contributed by atoms with Crippen LogP contribution < -0.4 is 5.32 Å². The number of halogens is 3. The lowest BCUT2D eigenvalue weighted by Gasteiger charge is -2.26. The molecule has 0 aromatic rings. The van der Waals surface area contributed by atoms with E-state index in [0.717, 1.165) is 32.5 Å². The molecule has 0 spiro atoms. The van der Waals surface area contributed by atoms with Crippen LogP contribution in [0.5, 0.6) is 0 Å². The molecule has 0 aromatic carbocycles. The van der Waals surface area contributed by atoms with E-state index in [0.29, 0.717) is 12.5 Å². The van der Waals surface area contributed by atoms with Gasteiger partial charge >= 0.3 is 6.18 Å². The molecule has 1 heterocycles. The Labute approximate surface area is 107 Å². The summed E-state index contributed by atoms with van der Waals surface area (Å²) in [7, 11) is 2.04. The third-order valence-corrected chi connectivity index (χ3v) is 3.23. The van der Waals surface area contributed by atoms with Crippen LogP contribution >= 0.6 is 0 Å². The van der Waals surface area contributed by atoms with Gasteiger partial charge in [-0.1, -0.05) is 0 Å². The number of rotatable bonds is 6. The number of hydrogen-bond donors (Lipinski definition) is 1. The highest BCUT2D eigenvalue weighted by Gasteiger charge is 2.27. The van der Waals surface area contributed by atoms with Gasteiger partial charge in [0.1, 0.15) is 6.61 Å². The molecule has 1 rings (SSSR count). The van der Waals surface area contributed by atoms with Gasteiger partial charge in [0.2, 0.25) is 0 Å². The van der Waals surface area contributed by atoms with Crippen molar-refractivity contribution >= 4 is 0 Å². The van der Waals surface area contributed by atoms with E-state index < -0.39 is 12.8 Å². The fraction of sp³-hybridized carbons (Fsp3) is 1.00. The minimum atomic E-state index is -4.21. The molecule has 1 aliphatic rings. The van der Waals surface area contributed by atoms with E-state index in [1.807, 2.05) is 7.05 Å². The highest BCUT2D eigenvalue weighted by Crippen LogP contribution is 2.15. The summed E-state index contributed by atoms with van der Waals surface area (Å²) in [6.07, 6.45) is -0.123. The molecular weight excluding hydrogens is 245 g/mol. The SMILES string of the molecule is CN(CCCOCC(F)(F)F)C1CCCNCC1. The van der Waals surface area contributed by atoms with Gasteiger partial charge in [-0.3, -0.25) is 0 Å². The van der Waals surface area contributed by atoms with Crippen LogP contribution in [-0.4, -0.2) is 57.0 Å². The monoisotopic (exact) mass is 268 g/mol. The molecule has 0 saturated carbocycles. The first-order chi connectivity index (χ1) is 8.49. The molecule has 1 aliphatic heterocycles. The summed E-state index contributed by atoms with van der Waals surface area (Å²) in [5, 5.41) is 3.35. The Morgan fingerprint density at radius 3 is 2.78 bits per heavy atom. The fourth-order valence-electron chi connectivity index (χ4n) is 2.23. The molecule has 1 unspecified atom stereocenters. The second kappa shape index (κ2) is 7.96. The van der Waals surface area contributed by atoms with Crippen molar-refractivity contribution in [3.63, 3.8) is 0 Å². The molecule has 1 atom stereocenters. The second-order valence-electron chi connectivity index (χ2n) is 4.84. The average molecular weight is 268 g/mol. The molecule has 6 heteroatoms. The Hall–Kier alpha value is -0.330. The molecule has 0 amide bonds. The molecule has 3 nitrogen and oxygen atoms in total. The zero-order valence-electron chi connectivity index (χ0n) is 10.9. The van der Waals surface area contributed by atoms with Crippen LogP contribution in [0.15, 0.2) is 0 Å². The zero-order valence-corrected chi connectivity index (χ0v) is 10.9. The third-order valence-electron chi connectivity index (χ3n) is 3.23. The van der Waals surface area contributed by atoms with Gasteiger partial charge in [-0.05, 0) is 45.8 Å². The van der Waals surface area contributed by atoms with Crippen LogP contribution in [0.3, 0.4) is 0 Å². The van der Waals surface area contributed by atoms with Gasteiger partial charge in [-0.2, -0.15) is 13.2 Å². The third kappa shape index (κ3) is 7.18. The number of nitrogens with zero attached hydrogens (tertiary/aromatic N) is 1. The predicted octanol–water partition coefficient (Wildman–Crippen LogP) is 2.03. The number of nitrogens with one attached hydrogen (secondary N) is 1. The van der Waals surface area contributed by atoms with Crippen molar-refractivity contribution < 1.29 is 17.9 Å². The van der Waals surface area contributed by atoms with Gasteiger partial charge in [0.25, 0.3) is 0 Å². The summed E-state index contributed by atoms with van der Waals surface area (Å²) in [6, 6.07) is 0.544. The van der Waals surface area contributed by atoms with E-state index in [9.17, 15) is 13.2 Å². The van der Waals surface area contributed by atoms with E-state index in [1.165, 1.54) is 6.42 Å². The van der Waals surface area contributed by atoms with Gasteiger partial charge in [0, 0.05) is 19.2 Å². The van der Waals surface area contributed by atoms with Crippen LogP contribution in [0.25, 0.3) is 0 Å². The van der Waals surface area contributed by atoms with E-state index in [1.54, 1.807) is 0 Å². The lowest BCUT2D eigenvalue weighted by atomic mass is 10.1. The Kier molecular flexibility index (Phi) is 6.96. The first kappa shape index (κ1) is 15.7. The maximum atomic E-state index is 11.8. The number of hydrogen-bond acceptors (Lipinski definition) is 3. The summed E-state index contributed by atoms with van der Waals surface area (Å²) in [5.74, 6) is 0. The van der Waals surface area contributed by atoms with Crippen molar-refractivity contribution in [2.75, 3.05) is 39.9 Å². The lowest BCUT2D eigenvalue weighted by Crippen LogP contribution is -2.33. The van der Waals surface area contributed by atoms with Crippen molar-refractivity contribution in [2.24, 2.45) is 0 Å². The quantitative estimate of drug-likeness (QED) is 0.746. The predicted molar refractivity (Wildman–Crippen MR) is 64.6 cm³/mol. The van der Waals surface area contributed by atoms with Crippen LogP contribution in [-0.2, 0) is 4.74 Å². The Balaban J connectivity index is 2.07. The van der Waals surface area contributed by atoms with Crippen molar-refractivity contribution in [3.8, 4) is 0 Å². The van der Waals surface area contributed by atoms with Crippen molar-refractivity contribution in [2.45, 2.75) is 37.9 Å². The minimum Gasteiger partial charge on any atom is -0.372 e. The van der Waals surface area contributed by atoms with Gasteiger partial charge in [0.15, 0.2) is 0 Å². The topological polar surface area (TPSA) is 24.5 Å². The summed E-state index contributed by atoms with van der Waals surface area (Å²) in [4.78, 5) is 2.24. The van der Waals surface area contributed by atoms with Crippen molar-refractivity contribution in [3.05, 3.63) is 0 Å². The van der Waals surface area contributed by atoms with Gasteiger partial charge in [0.05, 0.1) is 0 Å².